The highest BCUT2D eigenvalue weighted by atomic mass is 16.5. The summed E-state index contributed by atoms with van der Waals surface area (Å²) in [5.74, 6) is -0.578. The van der Waals surface area contributed by atoms with Crippen molar-refractivity contribution in [1.82, 2.24) is 19.9 Å². The smallest absolute Gasteiger partial charge is 0.305 e. The fourth-order valence-electron chi connectivity index (χ4n) is 7.37. The molecule has 0 amide bonds. The molecule has 0 saturated heterocycles. The van der Waals surface area contributed by atoms with Crippen molar-refractivity contribution >= 4 is 45.3 Å². The largest absolute Gasteiger partial charge is 0.469 e. The lowest BCUT2D eigenvalue weighted by atomic mass is 9.85. The highest BCUT2D eigenvalue weighted by Gasteiger charge is 2.38. The average Bonchev–Trinajstić information content (AvgIpc) is 3.86. The van der Waals surface area contributed by atoms with Crippen molar-refractivity contribution in [3.05, 3.63) is 85.5 Å². The lowest BCUT2D eigenvalue weighted by Crippen LogP contribution is -2.09. The summed E-state index contributed by atoms with van der Waals surface area (Å²) in [6.45, 7) is 10.2. The second-order valence-corrected chi connectivity index (χ2v) is 12.6. The van der Waals surface area contributed by atoms with Gasteiger partial charge in [0.05, 0.1) is 24.2 Å². The van der Waals surface area contributed by atoms with E-state index in [1.54, 1.807) is 6.08 Å². The number of esters is 1. The van der Waals surface area contributed by atoms with E-state index in [1.165, 1.54) is 7.11 Å². The monoisotopic (exact) mass is 646 g/mol. The third-order valence-electron chi connectivity index (χ3n) is 10.1. The van der Waals surface area contributed by atoms with Gasteiger partial charge in [-0.3, -0.25) is 9.78 Å². The molecular weight excluding hydrogens is 612 g/mol. The number of carbonyl (C=O) groups excluding carboxylic acids is 1. The zero-order valence-corrected chi connectivity index (χ0v) is 28.3. The Morgan fingerprint density at radius 3 is 2.31 bits per heavy atom. The van der Waals surface area contributed by atoms with E-state index >= 15 is 0 Å². The number of H-pyrrole nitrogens is 2. The molecule has 0 fully saturated rings. The molecule has 1 aliphatic carbocycles. The Bertz CT molecular complexity index is 2380. The molecule has 2 atom stereocenters. The molecule has 0 spiro atoms. The number of nitriles is 4. The quantitative estimate of drug-likeness (QED) is 0.210. The van der Waals surface area contributed by atoms with Crippen molar-refractivity contribution in [1.29, 1.82) is 21.0 Å². The average molecular weight is 647 g/mol. The Morgan fingerprint density at radius 1 is 0.959 bits per heavy atom. The predicted molar refractivity (Wildman–Crippen MR) is 186 cm³/mol. The van der Waals surface area contributed by atoms with E-state index in [4.69, 9.17) is 14.7 Å². The highest BCUT2D eigenvalue weighted by Crippen LogP contribution is 2.49. The van der Waals surface area contributed by atoms with E-state index < -0.39 is 0 Å². The second-order valence-electron chi connectivity index (χ2n) is 12.6. The topological polar surface area (TPSA) is 179 Å². The lowest BCUT2D eigenvalue weighted by Gasteiger charge is -2.16. The van der Waals surface area contributed by atoms with E-state index in [-0.39, 0.29) is 35.4 Å². The first-order chi connectivity index (χ1) is 23.6. The highest BCUT2D eigenvalue weighted by molar-refractivity contribution is 6.04. The van der Waals surface area contributed by atoms with Crippen molar-refractivity contribution in [2.75, 3.05) is 7.11 Å². The summed E-state index contributed by atoms with van der Waals surface area (Å²) in [5, 5.41) is 39.2. The number of aromatic amines is 2. The van der Waals surface area contributed by atoms with Crippen LogP contribution in [0.1, 0.15) is 96.0 Å². The maximum absolute atomic E-state index is 12.4. The standard InChI is InChI=1S/C39H34N8O2/c1-7-25-19(2)31-13-35-27(10-23(15-40)16-41)21(4)30(45-35)12-32-20(3)26(8-9-36(48)49-6)38(46-32)29-11-28(24(17-42)18-43)37-22(5)33(47-39(29)37)14-34(25)44-31/h10,12-14,20,26,44-45H,7-9,11H2,1-6H3/t20-,26-/m0/s1. The van der Waals surface area contributed by atoms with Gasteiger partial charge in [0, 0.05) is 69.1 Å². The molecule has 10 nitrogen and oxygen atoms in total. The fourth-order valence-corrected chi connectivity index (χ4v) is 7.37. The van der Waals surface area contributed by atoms with Gasteiger partial charge in [-0.15, -0.1) is 0 Å². The van der Waals surface area contributed by atoms with E-state index in [0.29, 0.717) is 24.1 Å². The minimum absolute atomic E-state index is 0.00883. The van der Waals surface area contributed by atoms with Gasteiger partial charge < -0.3 is 14.7 Å². The van der Waals surface area contributed by atoms with Crippen LogP contribution in [0.2, 0.25) is 0 Å². The minimum atomic E-state index is -0.315. The summed E-state index contributed by atoms with van der Waals surface area (Å²) >= 11 is 0. The third-order valence-corrected chi connectivity index (χ3v) is 10.1. The number of rotatable bonds is 5. The molecule has 5 heterocycles. The van der Waals surface area contributed by atoms with Gasteiger partial charge in [0.15, 0.2) is 0 Å². The van der Waals surface area contributed by atoms with Gasteiger partial charge in [-0.05, 0) is 85.7 Å². The summed E-state index contributed by atoms with van der Waals surface area (Å²) in [5.41, 5.74) is 13.3. The van der Waals surface area contributed by atoms with Gasteiger partial charge in [-0.25, -0.2) is 4.98 Å². The number of nitrogens with one attached hydrogen (secondary N) is 2. The molecule has 3 aromatic heterocycles. The van der Waals surface area contributed by atoms with Gasteiger partial charge in [0.25, 0.3) is 0 Å². The Kier molecular flexibility index (Phi) is 8.51. The molecule has 0 aromatic carbocycles. The van der Waals surface area contributed by atoms with Gasteiger partial charge in [0.1, 0.15) is 35.4 Å². The predicted octanol–water partition coefficient (Wildman–Crippen LogP) is 7.60. The third kappa shape index (κ3) is 5.38. The summed E-state index contributed by atoms with van der Waals surface area (Å²) in [6.07, 6.45) is 3.38. The van der Waals surface area contributed by atoms with Crippen LogP contribution in [-0.4, -0.2) is 33.0 Å². The van der Waals surface area contributed by atoms with Crippen molar-refractivity contribution in [2.45, 2.75) is 72.1 Å². The van der Waals surface area contributed by atoms with Crippen LogP contribution in [0.15, 0.2) is 34.9 Å². The first-order valence-corrected chi connectivity index (χ1v) is 16.2. The zero-order chi connectivity index (χ0) is 35.1. The van der Waals surface area contributed by atoms with Crippen LogP contribution in [0, 0.1) is 59.2 Å². The Morgan fingerprint density at radius 2 is 1.65 bits per heavy atom. The molecule has 2 N–H and O–H groups in total. The van der Waals surface area contributed by atoms with Gasteiger partial charge >= 0.3 is 5.97 Å². The van der Waals surface area contributed by atoms with Gasteiger partial charge in [-0.1, -0.05) is 13.8 Å². The number of hydrogen-bond donors (Lipinski definition) is 2. The second kappa shape index (κ2) is 12.8. The Labute approximate surface area is 284 Å². The normalized spacial score (nSPS) is 16.0. The number of fused-ring (bicyclic) bond motifs is 8. The summed E-state index contributed by atoms with van der Waals surface area (Å²) in [6, 6.07) is 14.2. The van der Waals surface area contributed by atoms with E-state index in [1.807, 2.05) is 44.2 Å². The number of nitrogens with zero attached hydrogens (tertiary/aromatic N) is 6. The van der Waals surface area contributed by atoms with Gasteiger partial charge in [-0.2, -0.15) is 21.0 Å². The summed E-state index contributed by atoms with van der Waals surface area (Å²) in [7, 11) is 1.37. The molecule has 0 unspecified atom stereocenters. The van der Waals surface area contributed by atoms with E-state index in [9.17, 15) is 25.8 Å². The Hall–Kier alpha value is -6.23. The molecule has 10 heteroatoms. The van der Waals surface area contributed by atoms with Crippen molar-refractivity contribution in [3.8, 4) is 24.3 Å². The van der Waals surface area contributed by atoms with E-state index in [0.717, 1.165) is 84.5 Å². The van der Waals surface area contributed by atoms with Crippen LogP contribution in [0.4, 0.5) is 0 Å². The number of aromatic nitrogens is 4. The number of carbonyl (C=O) groups is 1. The van der Waals surface area contributed by atoms with Gasteiger partial charge in [0.2, 0.25) is 0 Å². The minimum Gasteiger partial charge on any atom is -0.469 e. The summed E-state index contributed by atoms with van der Waals surface area (Å²) in [4.78, 5) is 29.9. The molecule has 242 valence electrons. The molecule has 6 rings (SSSR count). The van der Waals surface area contributed by atoms with Crippen molar-refractivity contribution in [3.63, 3.8) is 0 Å². The molecule has 49 heavy (non-hydrogen) atoms. The zero-order valence-electron chi connectivity index (χ0n) is 28.3. The number of hydrogen-bond acceptors (Lipinski definition) is 8. The van der Waals surface area contributed by atoms with Crippen molar-refractivity contribution in [2.24, 2.45) is 0 Å². The van der Waals surface area contributed by atoms with Crippen LogP contribution in [0.25, 0.3) is 39.3 Å². The number of methoxy groups -OCH3 is 1. The van der Waals surface area contributed by atoms with E-state index in [2.05, 4.69) is 42.9 Å². The molecule has 3 aliphatic rings. The van der Waals surface area contributed by atoms with Crippen molar-refractivity contribution < 1.29 is 9.53 Å². The first-order valence-electron chi connectivity index (χ1n) is 16.2. The first kappa shape index (κ1) is 32.7. The van der Waals surface area contributed by atoms with Crippen LogP contribution in [0.5, 0.6) is 0 Å². The van der Waals surface area contributed by atoms with Crippen LogP contribution < -0.4 is 0 Å². The number of allylic oxidation sites excluding steroid dienone is 5. The molecular formula is C39H34N8O2. The molecule has 3 aromatic rings. The molecule has 2 aliphatic heterocycles. The number of aryl methyl sites for hydroxylation is 3. The maximum atomic E-state index is 12.4. The van der Waals surface area contributed by atoms with Crippen LogP contribution in [-0.2, 0) is 22.4 Å². The maximum Gasteiger partial charge on any atom is 0.305 e. The summed E-state index contributed by atoms with van der Waals surface area (Å²) < 4.78 is 4.99. The molecule has 8 bridgehead atoms. The number of ether oxygens (including phenoxy) is 1. The lowest BCUT2D eigenvalue weighted by molar-refractivity contribution is -0.140. The van der Waals surface area contributed by atoms with Crippen LogP contribution in [0.3, 0.4) is 0 Å². The molecule has 0 radical (unpaired) electrons. The fraction of sp³-hybridized carbons (Fsp3) is 0.308. The molecule has 0 saturated carbocycles. The van der Waals surface area contributed by atoms with Crippen LogP contribution >= 0.6 is 0 Å². The SMILES string of the molecule is CCc1c(C)c2cc3[nH]c(cc4nc(c5c6nc(cc1[nH]2)C(C)=C6C(=C(C#N)C#N)C5)[C@@H](CCC(=O)OC)[C@@H]4C)c(C)c3C=C(C#N)C#N. The Balaban J connectivity index is 1.81.